The Morgan fingerprint density at radius 1 is 1.20 bits per heavy atom. The number of hydrogen-bond donors (Lipinski definition) is 3. The van der Waals surface area contributed by atoms with Gasteiger partial charge in [0.25, 0.3) is 0 Å². The van der Waals surface area contributed by atoms with E-state index in [1.165, 1.54) is 0 Å². The molecule has 0 radical (unpaired) electrons. The van der Waals surface area contributed by atoms with Gasteiger partial charge in [-0.1, -0.05) is 30.3 Å². The fourth-order valence-electron chi connectivity index (χ4n) is 1.80. The lowest BCUT2D eigenvalue weighted by atomic mass is 10.0. The third-order valence-corrected chi connectivity index (χ3v) is 2.51. The molecule has 84 valence electrons. The molecule has 0 saturated carbocycles. The van der Waals surface area contributed by atoms with Crippen LogP contribution in [0.1, 0.15) is 5.56 Å². The van der Waals surface area contributed by atoms with Gasteiger partial charge in [-0.05, 0) is 5.56 Å². The lowest BCUT2D eigenvalue weighted by molar-refractivity contribution is -0.00579. The Morgan fingerprint density at radius 3 is 2.53 bits per heavy atom. The largest absolute Gasteiger partial charge is 0.374 e. The molecule has 0 aliphatic carbocycles. The van der Waals surface area contributed by atoms with Crippen LogP contribution in [0.5, 0.6) is 0 Å². The summed E-state index contributed by atoms with van der Waals surface area (Å²) in [6.45, 7) is 2.36. The van der Waals surface area contributed by atoms with Crippen LogP contribution in [0, 0.1) is 0 Å². The molecule has 15 heavy (non-hydrogen) atoms. The van der Waals surface area contributed by atoms with Crippen LogP contribution in [0.3, 0.4) is 0 Å². The number of nitrogens with one attached hydrogen (secondary N) is 2. The van der Waals surface area contributed by atoms with E-state index >= 15 is 0 Å². The second-order valence-corrected chi connectivity index (χ2v) is 3.80. The highest BCUT2D eigenvalue weighted by Crippen LogP contribution is 2.11. The minimum Gasteiger partial charge on any atom is -0.374 e. The van der Waals surface area contributed by atoms with Crippen LogP contribution in [0.4, 0.5) is 0 Å². The Bertz CT molecular complexity index is 286. The number of rotatable bonds is 2. The second kappa shape index (κ2) is 5.47. The van der Waals surface area contributed by atoms with E-state index in [1.807, 2.05) is 30.3 Å². The van der Waals surface area contributed by atoms with Gasteiger partial charge in [0.05, 0.1) is 0 Å². The first-order valence-electron chi connectivity index (χ1n) is 5.01. The molecule has 1 atom stereocenters. The average molecular weight is 229 g/mol. The van der Waals surface area contributed by atoms with Gasteiger partial charge in [0.1, 0.15) is 5.72 Å². The topological polar surface area (TPSA) is 44.3 Å². The van der Waals surface area contributed by atoms with Crippen LogP contribution < -0.4 is 10.6 Å². The van der Waals surface area contributed by atoms with Crippen molar-refractivity contribution in [3.05, 3.63) is 35.9 Å². The number of piperazine rings is 1. The highest BCUT2D eigenvalue weighted by atomic mass is 35.5. The van der Waals surface area contributed by atoms with Gasteiger partial charge >= 0.3 is 0 Å². The summed E-state index contributed by atoms with van der Waals surface area (Å²) in [5.41, 5.74) is 0.380. The highest BCUT2D eigenvalue weighted by Gasteiger charge is 2.28. The van der Waals surface area contributed by atoms with Crippen molar-refractivity contribution in [2.75, 3.05) is 19.6 Å². The predicted molar refractivity (Wildman–Crippen MR) is 63.2 cm³/mol. The third kappa shape index (κ3) is 3.47. The van der Waals surface area contributed by atoms with Gasteiger partial charge in [-0.25, -0.2) is 0 Å². The fraction of sp³-hybridized carbons (Fsp3) is 0.455. The molecule has 1 aromatic rings. The van der Waals surface area contributed by atoms with Gasteiger partial charge < -0.3 is 10.4 Å². The van der Waals surface area contributed by atoms with Crippen LogP contribution in [0.15, 0.2) is 30.3 Å². The van der Waals surface area contributed by atoms with Crippen molar-refractivity contribution in [2.24, 2.45) is 0 Å². The van der Waals surface area contributed by atoms with Gasteiger partial charge in [0.15, 0.2) is 0 Å². The van der Waals surface area contributed by atoms with E-state index in [9.17, 15) is 5.11 Å². The van der Waals surface area contributed by atoms with Crippen LogP contribution >= 0.6 is 12.4 Å². The maximum atomic E-state index is 10.2. The minimum absolute atomic E-state index is 0. The van der Waals surface area contributed by atoms with E-state index < -0.39 is 5.72 Å². The van der Waals surface area contributed by atoms with Crippen LogP contribution in [0.2, 0.25) is 0 Å². The average Bonchev–Trinajstić information content (AvgIpc) is 2.19. The number of aliphatic hydroxyl groups is 1. The zero-order valence-corrected chi connectivity index (χ0v) is 9.39. The quantitative estimate of drug-likeness (QED) is 0.692. The molecule has 1 aliphatic heterocycles. The minimum atomic E-state index is -0.778. The van der Waals surface area contributed by atoms with E-state index in [4.69, 9.17) is 0 Å². The summed E-state index contributed by atoms with van der Waals surface area (Å²) in [6, 6.07) is 10.0. The normalized spacial score (nSPS) is 25.7. The first-order valence-corrected chi connectivity index (χ1v) is 5.01. The molecule has 0 amide bonds. The van der Waals surface area contributed by atoms with Gasteiger partial charge in [-0.3, -0.25) is 5.32 Å². The number of halogens is 1. The van der Waals surface area contributed by atoms with Crippen LogP contribution in [-0.2, 0) is 6.42 Å². The molecule has 1 unspecified atom stereocenters. The zero-order chi connectivity index (χ0) is 9.86. The summed E-state index contributed by atoms with van der Waals surface area (Å²) < 4.78 is 0. The molecule has 1 aliphatic rings. The first-order chi connectivity index (χ1) is 6.79. The van der Waals surface area contributed by atoms with E-state index in [0.29, 0.717) is 13.0 Å². The SMILES string of the molecule is Cl.OC1(Cc2ccccc2)CNCCN1. The Balaban J connectivity index is 0.00000112. The summed E-state index contributed by atoms with van der Waals surface area (Å²) in [6.07, 6.45) is 0.654. The van der Waals surface area contributed by atoms with Gasteiger partial charge in [-0.2, -0.15) is 0 Å². The standard InChI is InChI=1S/C11H16N2O.ClH/c14-11(9-12-6-7-13-11)8-10-4-2-1-3-5-10;/h1-5,12-14H,6-9H2;1H. The van der Waals surface area contributed by atoms with E-state index in [2.05, 4.69) is 10.6 Å². The summed E-state index contributed by atoms with van der Waals surface area (Å²) >= 11 is 0. The Hall–Kier alpha value is -0.610. The molecule has 4 heteroatoms. The molecule has 1 heterocycles. The molecular weight excluding hydrogens is 212 g/mol. The molecule has 1 fully saturated rings. The lowest BCUT2D eigenvalue weighted by Gasteiger charge is -2.34. The van der Waals surface area contributed by atoms with Crippen molar-refractivity contribution in [1.82, 2.24) is 10.6 Å². The van der Waals surface area contributed by atoms with Gasteiger partial charge in [0, 0.05) is 26.1 Å². The predicted octanol–water partition coefficient (Wildman–Crippen LogP) is 0.532. The number of β-amino-alcohol motifs (C(OH)–C–C–N with tert-alkyl or cyclic N) is 1. The van der Waals surface area contributed by atoms with Crippen molar-refractivity contribution >= 4 is 12.4 Å². The maximum absolute atomic E-state index is 10.2. The Kier molecular flexibility index (Phi) is 4.54. The Morgan fingerprint density at radius 2 is 1.93 bits per heavy atom. The molecule has 0 spiro atoms. The second-order valence-electron chi connectivity index (χ2n) is 3.80. The van der Waals surface area contributed by atoms with E-state index in [-0.39, 0.29) is 12.4 Å². The monoisotopic (exact) mass is 228 g/mol. The molecule has 0 aromatic heterocycles. The number of benzene rings is 1. The van der Waals surface area contributed by atoms with Crippen molar-refractivity contribution in [1.29, 1.82) is 0 Å². The van der Waals surface area contributed by atoms with Crippen molar-refractivity contribution in [2.45, 2.75) is 12.1 Å². The molecule has 1 aromatic carbocycles. The first kappa shape index (κ1) is 12.5. The molecule has 1 saturated heterocycles. The van der Waals surface area contributed by atoms with Gasteiger partial charge in [-0.15, -0.1) is 12.4 Å². The van der Waals surface area contributed by atoms with Crippen molar-refractivity contribution in [3.63, 3.8) is 0 Å². The molecule has 3 N–H and O–H groups in total. The third-order valence-electron chi connectivity index (χ3n) is 2.51. The molecule has 0 bridgehead atoms. The van der Waals surface area contributed by atoms with E-state index in [0.717, 1.165) is 18.7 Å². The van der Waals surface area contributed by atoms with Crippen molar-refractivity contribution < 1.29 is 5.11 Å². The molecule has 2 rings (SSSR count). The molecule has 3 nitrogen and oxygen atoms in total. The fourth-order valence-corrected chi connectivity index (χ4v) is 1.80. The summed E-state index contributed by atoms with van der Waals surface area (Å²) in [7, 11) is 0. The van der Waals surface area contributed by atoms with Gasteiger partial charge in [0.2, 0.25) is 0 Å². The van der Waals surface area contributed by atoms with E-state index in [1.54, 1.807) is 0 Å². The summed E-state index contributed by atoms with van der Waals surface area (Å²) in [5.74, 6) is 0. The lowest BCUT2D eigenvalue weighted by Crippen LogP contribution is -2.60. The smallest absolute Gasteiger partial charge is 0.132 e. The zero-order valence-electron chi connectivity index (χ0n) is 8.57. The maximum Gasteiger partial charge on any atom is 0.132 e. The Labute approximate surface area is 96.3 Å². The highest BCUT2D eigenvalue weighted by molar-refractivity contribution is 5.85. The molecular formula is C11H17ClN2O. The number of hydrogen-bond acceptors (Lipinski definition) is 3. The summed E-state index contributed by atoms with van der Waals surface area (Å²) in [4.78, 5) is 0. The van der Waals surface area contributed by atoms with Crippen LogP contribution in [0.25, 0.3) is 0 Å². The summed E-state index contributed by atoms with van der Waals surface area (Å²) in [5, 5.41) is 16.5. The van der Waals surface area contributed by atoms with Crippen molar-refractivity contribution in [3.8, 4) is 0 Å². The van der Waals surface area contributed by atoms with Crippen LogP contribution in [-0.4, -0.2) is 30.5 Å².